The number of benzene rings is 2. The highest BCUT2D eigenvalue weighted by Crippen LogP contribution is 2.27. The highest BCUT2D eigenvalue weighted by molar-refractivity contribution is 9.10. The molecule has 1 heterocycles. The van der Waals surface area contributed by atoms with Gasteiger partial charge < -0.3 is 10.1 Å². The molecule has 1 aliphatic heterocycles. The van der Waals surface area contributed by atoms with Gasteiger partial charge in [0.05, 0.1) is 27.8 Å². The maximum atomic E-state index is 13.0. The zero-order valence-electron chi connectivity index (χ0n) is 15.4. The Hall–Kier alpha value is -1.45. The molecule has 1 fully saturated rings. The van der Waals surface area contributed by atoms with Crippen LogP contribution in [0.4, 0.5) is 5.69 Å². The normalized spacial score (nSPS) is 20.7. The Bertz CT molecular complexity index is 989. The SMILES string of the molecule is CC1CN(S(=O)(=O)c2cccc(C(=O)Nc3ccc(Br)cc3Cl)c2)CC(C)O1. The van der Waals surface area contributed by atoms with Gasteiger partial charge in [0.25, 0.3) is 5.91 Å². The molecule has 0 aromatic heterocycles. The second kappa shape index (κ2) is 8.51. The molecule has 1 aliphatic rings. The molecule has 0 radical (unpaired) electrons. The number of amides is 1. The summed E-state index contributed by atoms with van der Waals surface area (Å²) in [4.78, 5) is 12.7. The lowest BCUT2D eigenvalue weighted by Gasteiger charge is -2.34. The number of anilines is 1. The van der Waals surface area contributed by atoms with Crippen LogP contribution in [0, 0.1) is 0 Å². The van der Waals surface area contributed by atoms with Crippen LogP contribution in [0.2, 0.25) is 5.02 Å². The summed E-state index contributed by atoms with van der Waals surface area (Å²) in [7, 11) is -3.73. The summed E-state index contributed by atoms with van der Waals surface area (Å²) in [5, 5.41) is 3.08. The average Bonchev–Trinajstić information content (AvgIpc) is 2.63. The van der Waals surface area contributed by atoms with Crippen molar-refractivity contribution in [3.63, 3.8) is 0 Å². The molecule has 2 aromatic carbocycles. The van der Waals surface area contributed by atoms with E-state index < -0.39 is 15.9 Å². The summed E-state index contributed by atoms with van der Waals surface area (Å²) in [5.74, 6) is -0.440. The van der Waals surface area contributed by atoms with E-state index in [4.69, 9.17) is 16.3 Å². The lowest BCUT2D eigenvalue weighted by atomic mass is 10.2. The largest absolute Gasteiger partial charge is 0.373 e. The Balaban J connectivity index is 1.84. The van der Waals surface area contributed by atoms with Gasteiger partial charge in [-0.1, -0.05) is 33.6 Å². The molecule has 3 rings (SSSR count). The highest BCUT2D eigenvalue weighted by Gasteiger charge is 2.32. The minimum atomic E-state index is -3.73. The monoisotopic (exact) mass is 486 g/mol. The third-order valence-corrected chi connectivity index (χ3v) is 6.93. The Kier molecular flexibility index (Phi) is 6.46. The molecule has 2 atom stereocenters. The number of nitrogens with zero attached hydrogens (tertiary/aromatic N) is 1. The van der Waals surface area contributed by atoms with Crippen molar-refractivity contribution in [2.24, 2.45) is 0 Å². The number of rotatable bonds is 4. The van der Waals surface area contributed by atoms with Gasteiger partial charge in [0.1, 0.15) is 0 Å². The summed E-state index contributed by atoms with van der Waals surface area (Å²) in [6, 6.07) is 11.1. The summed E-state index contributed by atoms with van der Waals surface area (Å²) in [6.45, 7) is 4.23. The van der Waals surface area contributed by atoms with Crippen LogP contribution in [0.5, 0.6) is 0 Å². The number of nitrogens with one attached hydrogen (secondary N) is 1. The molecule has 2 aromatic rings. The maximum absolute atomic E-state index is 13.0. The van der Waals surface area contributed by atoms with E-state index in [0.29, 0.717) is 10.7 Å². The fourth-order valence-corrected chi connectivity index (χ4v) is 5.42. The van der Waals surface area contributed by atoms with E-state index in [-0.39, 0.29) is 35.8 Å². The van der Waals surface area contributed by atoms with Gasteiger partial charge in [-0.05, 0) is 50.2 Å². The minimum absolute atomic E-state index is 0.0725. The molecule has 0 saturated carbocycles. The van der Waals surface area contributed by atoms with Crippen molar-refractivity contribution in [2.75, 3.05) is 18.4 Å². The second-order valence-corrected chi connectivity index (χ2v) is 9.95. The van der Waals surface area contributed by atoms with Gasteiger partial charge in [0.15, 0.2) is 0 Å². The summed E-state index contributed by atoms with van der Waals surface area (Å²) in [6.07, 6.45) is -0.380. The Morgan fingerprint density at radius 3 is 2.50 bits per heavy atom. The minimum Gasteiger partial charge on any atom is -0.373 e. The number of halogens is 2. The van der Waals surface area contributed by atoms with Gasteiger partial charge in [-0.3, -0.25) is 4.79 Å². The summed E-state index contributed by atoms with van der Waals surface area (Å²) < 4.78 is 33.8. The van der Waals surface area contributed by atoms with Crippen molar-refractivity contribution in [1.82, 2.24) is 4.31 Å². The molecule has 0 spiro atoms. The predicted molar refractivity (Wildman–Crippen MR) is 112 cm³/mol. The van der Waals surface area contributed by atoms with E-state index >= 15 is 0 Å². The topological polar surface area (TPSA) is 75.7 Å². The van der Waals surface area contributed by atoms with Gasteiger partial charge in [0.2, 0.25) is 10.0 Å². The number of sulfonamides is 1. The molecule has 1 N–H and O–H groups in total. The van der Waals surface area contributed by atoms with Crippen LogP contribution in [-0.2, 0) is 14.8 Å². The second-order valence-electron chi connectivity index (χ2n) is 6.69. The van der Waals surface area contributed by atoms with Gasteiger partial charge >= 0.3 is 0 Å². The molecule has 6 nitrogen and oxygen atoms in total. The molecular formula is C19H20BrClN2O4S. The lowest BCUT2D eigenvalue weighted by molar-refractivity contribution is -0.0440. The van der Waals surface area contributed by atoms with E-state index in [1.807, 2.05) is 13.8 Å². The highest BCUT2D eigenvalue weighted by atomic mass is 79.9. The van der Waals surface area contributed by atoms with Crippen molar-refractivity contribution in [2.45, 2.75) is 31.0 Å². The van der Waals surface area contributed by atoms with Crippen molar-refractivity contribution >= 4 is 49.1 Å². The van der Waals surface area contributed by atoms with E-state index in [1.165, 1.54) is 16.4 Å². The standard InChI is InChI=1S/C19H20BrClN2O4S/c1-12-10-23(11-13(2)27-12)28(25,26)16-5-3-4-14(8-16)19(24)22-18-7-6-15(20)9-17(18)21/h3-9,12-13H,10-11H2,1-2H3,(H,22,24). The molecule has 0 aliphatic carbocycles. The number of carbonyl (C=O) groups is 1. The smallest absolute Gasteiger partial charge is 0.255 e. The van der Waals surface area contributed by atoms with Crippen molar-refractivity contribution in [3.05, 3.63) is 57.5 Å². The van der Waals surface area contributed by atoms with Crippen molar-refractivity contribution < 1.29 is 17.9 Å². The average molecular weight is 488 g/mol. The molecule has 9 heteroatoms. The van der Waals surface area contributed by atoms with E-state index in [9.17, 15) is 13.2 Å². The first-order valence-electron chi connectivity index (χ1n) is 8.69. The lowest BCUT2D eigenvalue weighted by Crippen LogP contribution is -2.48. The molecule has 1 saturated heterocycles. The van der Waals surface area contributed by atoms with Gasteiger partial charge in [-0.25, -0.2) is 8.42 Å². The van der Waals surface area contributed by atoms with Crippen LogP contribution in [0.15, 0.2) is 51.8 Å². The van der Waals surface area contributed by atoms with E-state index in [2.05, 4.69) is 21.2 Å². The van der Waals surface area contributed by atoms with Crippen LogP contribution in [0.1, 0.15) is 24.2 Å². The molecule has 0 bridgehead atoms. The van der Waals surface area contributed by atoms with Crippen LogP contribution < -0.4 is 5.32 Å². The number of carbonyl (C=O) groups excluding carboxylic acids is 1. The van der Waals surface area contributed by atoms with Crippen LogP contribution >= 0.6 is 27.5 Å². The number of hydrogen-bond acceptors (Lipinski definition) is 4. The Morgan fingerprint density at radius 1 is 1.18 bits per heavy atom. The zero-order valence-corrected chi connectivity index (χ0v) is 18.5. The number of morpholine rings is 1. The van der Waals surface area contributed by atoms with Crippen LogP contribution in [0.3, 0.4) is 0 Å². The van der Waals surface area contributed by atoms with Gasteiger partial charge in [-0.15, -0.1) is 0 Å². The Labute approximate surface area is 178 Å². The van der Waals surface area contributed by atoms with Gasteiger partial charge in [-0.2, -0.15) is 4.31 Å². The molecule has 2 unspecified atom stereocenters. The Morgan fingerprint density at radius 2 is 1.86 bits per heavy atom. The fraction of sp³-hybridized carbons (Fsp3) is 0.316. The summed E-state index contributed by atoms with van der Waals surface area (Å²) in [5.41, 5.74) is 0.674. The van der Waals surface area contributed by atoms with E-state index in [1.54, 1.807) is 30.3 Å². The first kappa shape index (κ1) is 21.3. The molecule has 150 valence electrons. The first-order valence-corrected chi connectivity index (χ1v) is 11.3. The quantitative estimate of drug-likeness (QED) is 0.703. The maximum Gasteiger partial charge on any atom is 0.255 e. The predicted octanol–water partition coefficient (Wildman–Crippen LogP) is 4.15. The van der Waals surface area contributed by atoms with Crippen LogP contribution in [-0.4, -0.2) is 43.9 Å². The number of hydrogen-bond donors (Lipinski definition) is 1. The molecule has 1 amide bonds. The fourth-order valence-electron chi connectivity index (χ4n) is 3.06. The van der Waals surface area contributed by atoms with Crippen LogP contribution in [0.25, 0.3) is 0 Å². The van der Waals surface area contributed by atoms with Crippen molar-refractivity contribution in [1.29, 1.82) is 0 Å². The zero-order chi connectivity index (χ0) is 20.5. The van der Waals surface area contributed by atoms with Crippen molar-refractivity contribution in [3.8, 4) is 0 Å². The summed E-state index contributed by atoms with van der Waals surface area (Å²) >= 11 is 9.44. The van der Waals surface area contributed by atoms with E-state index in [0.717, 1.165) is 4.47 Å². The third kappa shape index (κ3) is 4.75. The first-order chi connectivity index (χ1) is 13.2. The number of ether oxygens (including phenoxy) is 1. The van der Waals surface area contributed by atoms with Gasteiger partial charge in [0, 0.05) is 23.1 Å². The third-order valence-electron chi connectivity index (χ3n) is 4.30. The molecule has 28 heavy (non-hydrogen) atoms. The molecular weight excluding hydrogens is 468 g/mol.